The van der Waals surface area contributed by atoms with Gasteiger partial charge in [-0.05, 0) is 25.0 Å². The van der Waals surface area contributed by atoms with Crippen LogP contribution in [0, 0.1) is 17.0 Å². The van der Waals surface area contributed by atoms with Crippen LogP contribution in [0.2, 0.25) is 0 Å². The van der Waals surface area contributed by atoms with Gasteiger partial charge in [0.15, 0.2) is 0 Å². The van der Waals surface area contributed by atoms with Crippen LogP contribution >= 0.6 is 0 Å². The molecular weight excluding hydrogens is 374 g/mol. The Morgan fingerprint density at radius 1 is 1.10 bits per heavy atom. The minimum atomic E-state index is -0.736. The Balaban J connectivity index is 2.16. The number of hydrogen-bond acceptors (Lipinski definition) is 3. The van der Waals surface area contributed by atoms with E-state index >= 15 is 0 Å². The molecule has 1 aromatic carbocycles. The number of carbonyl (C=O) groups excluding carboxylic acids is 1. The molecule has 1 fully saturated rings. The number of amides is 1. The van der Waals surface area contributed by atoms with Gasteiger partial charge in [0.05, 0.1) is 31.9 Å². The van der Waals surface area contributed by atoms with Gasteiger partial charge in [-0.1, -0.05) is 39.0 Å². The quantitative estimate of drug-likeness (QED) is 0.299. The maximum atomic E-state index is 13.5. The number of nitrogens with one attached hydrogen (secondary N) is 2. The lowest BCUT2D eigenvalue weighted by Gasteiger charge is -2.29. The van der Waals surface area contributed by atoms with Crippen molar-refractivity contribution in [2.24, 2.45) is 0 Å². The van der Waals surface area contributed by atoms with Gasteiger partial charge in [0.1, 0.15) is 11.6 Å². The van der Waals surface area contributed by atoms with E-state index in [2.05, 4.69) is 22.5 Å². The van der Waals surface area contributed by atoms with Crippen LogP contribution in [0.4, 0.5) is 14.5 Å². The summed E-state index contributed by atoms with van der Waals surface area (Å²) in [4.78, 5) is 15.1. The number of quaternary nitrogens is 1. The van der Waals surface area contributed by atoms with E-state index in [-0.39, 0.29) is 5.69 Å². The van der Waals surface area contributed by atoms with Crippen molar-refractivity contribution < 1.29 is 18.9 Å². The number of rotatable bonds is 11. The average Bonchev–Trinajstić information content (AvgIpc) is 2.69. The lowest BCUT2D eigenvalue weighted by molar-refractivity contribution is -0.662. The van der Waals surface area contributed by atoms with Crippen molar-refractivity contribution in [2.75, 3.05) is 31.5 Å². The number of hydrogen-bond donors (Lipinski definition) is 3. The molecule has 29 heavy (non-hydrogen) atoms. The first-order valence-corrected chi connectivity index (χ1v) is 10.6. The average molecular weight is 408 g/mol. The van der Waals surface area contributed by atoms with E-state index in [0.717, 1.165) is 63.6 Å². The summed E-state index contributed by atoms with van der Waals surface area (Å²) >= 11 is 0. The van der Waals surface area contributed by atoms with Gasteiger partial charge >= 0.3 is 0 Å². The normalized spacial score (nSPS) is 15.1. The Kier molecular flexibility index (Phi) is 9.77. The molecule has 0 aliphatic carbocycles. The largest absolute Gasteiger partial charge is 0.359 e. The molecule has 0 aromatic heterocycles. The maximum Gasteiger partial charge on any atom is 0.253 e. The van der Waals surface area contributed by atoms with Crippen molar-refractivity contribution in [1.82, 2.24) is 4.90 Å². The number of piperazine rings is 1. The second-order valence-corrected chi connectivity index (χ2v) is 7.49. The Bertz CT molecular complexity index is 695. The molecular formula is C22H33F2N4O+. The summed E-state index contributed by atoms with van der Waals surface area (Å²) in [6, 6.07) is 2.97. The number of carbonyl (C=O) groups is 1. The summed E-state index contributed by atoms with van der Waals surface area (Å²) in [6.45, 7) is 5.54. The first kappa shape index (κ1) is 23.0. The molecule has 1 aliphatic heterocycles. The molecule has 0 atom stereocenters. The molecule has 0 saturated carbocycles. The monoisotopic (exact) mass is 407 g/mol. The fourth-order valence-corrected chi connectivity index (χ4v) is 3.63. The van der Waals surface area contributed by atoms with E-state index in [1.807, 2.05) is 0 Å². The number of unbranched alkanes of at least 4 members (excludes halogenated alkanes) is 5. The lowest BCUT2D eigenvalue weighted by Crippen LogP contribution is -2.89. The van der Waals surface area contributed by atoms with Gasteiger partial charge in [-0.2, -0.15) is 0 Å². The number of benzene rings is 1. The predicted molar refractivity (Wildman–Crippen MR) is 112 cm³/mol. The summed E-state index contributed by atoms with van der Waals surface area (Å²) in [5.74, 6) is -1.86. The van der Waals surface area contributed by atoms with Crippen molar-refractivity contribution in [1.29, 1.82) is 5.41 Å². The SMILES string of the molecule is CCCCCCCCC(C(=O)Nc1cc(F)cc(F)c1)=C(C=N)N1CC[NH2+]CC1. The number of halogens is 2. The molecule has 5 nitrogen and oxygen atoms in total. The number of anilines is 1. The number of nitrogens with two attached hydrogens (primary N) is 1. The highest BCUT2D eigenvalue weighted by atomic mass is 19.1. The summed E-state index contributed by atoms with van der Waals surface area (Å²) in [7, 11) is 0. The van der Waals surface area contributed by atoms with E-state index in [1.54, 1.807) is 0 Å². The highest BCUT2D eigenvalue weighted by Gasteiger charge is 2.22. The van der Waals surface area contributed by atoms with Crippen molar-refractivity contribution >= 4 is 17.8 Å². The summed E-state index contributed by atoms with van der Waals surface area (Å²) in [6.07, 6.45) is 8.35. The highest BCUT2D eigenvalue weighted by molar-refractivity contribution is 6.07. The highest BCUT2D eigenvalue weighted by Crippen LogP contribution is 2.21. The minimum Gasteiger partial charge on any atom is -0.359 e. The molecule has 1 aromatic rings. The van der Waals surface area contributed by atoms with Gasteiger partial charge in [0.25, 0.3) is 5.91 Å². The Morgan fingerprint density at radius 3 is 2.34 bits per heavy atom. The third kappa shape index (κ3) is 7.57. The van der Waals surface area contributed by atoms with Gasteiger partial charge in [-0.15, -0.1) is 0 Å². The zero-order valence-electron chi connectivity index (χ0n) is 17.3. The number of allylic oxidation sites excluding steroid dienone is 1. The first-order chi connectivity index (χ1) is 14.0. The van der Waals surface area contributed by atoms with Crippen molar-refractivity contribution in [2.45, 2.75) is 51.9 Å². The van der Waals surface area contributed by atoms with E-state index in [0.29, 0.717) is 17.7 Å². The van der Waals surface area contributed by atoms with Gasteiger partial charge < -0.3 is 20.9 Å². The minimum absolute atomic E-state index is 0.0873. The molecule has 1 heterocycles. The van der Waals surface area contributed by atoms with E-state index < -0.39 is 17.5 Å². The van der Waals surface area contributed by atoms with Crippen LogP contribution < -0.4 is 10.6 Å². The topological polar surface area (TPSA) is 72.8 Å². The fraction of sp³-hybridized carbons (Fsp3) is 0.545. The third-order valence-corrected chi connectivity index (χ3v) is 5.17. The molecule has 0 unspecified atom stereocenters. The maximum absolute atomic E-state index is 13.5. The Labute approximate surface area is 172 Å². The van der Waals surface area contributed by atoms with Gasteiger partial charge in [-0.3, -0.25) is 4.79 Å². The van der Waals surface area contributed by atoms with Crippen LogP contribution in [0.1, 0.15) is 51.9 Å². The van der Waals surface area contributed by atoms with Gasteiger partial charge in [0, 0.05) is 23.5 Å². The van der Waals surface area contributed by atoms with Crippen LogP contribution in [-0.2, 0) is 4.79 Å². The molecule has 7 heteroatoms. The van der Waals surface area contributed by atoms with Crippen LogP contribution in [0.3, 0.4) is 0 Å². The standard InChI is InChI=1S/C22H32F2N4O/c1-2-3-4-5-6-7-8-20(21(16-25)28-11-9-26-10-12-28)22(29)27-19-14-17(23)13-18(24)15-19/h13-16,25-26H,2-12H2,1H3,(H,27,29)/p+1. The predicted octanol–water partition coefficient (Wildman–Crippen LogP) is 3.44. The molecule has 2 rings (SSSR count). The molecule has 0 bridgehead atoms. The van der Waals surface area contributed by atoms with Gasteiger partial charge in [-0.25, -0.2) is 8.78 Å². The van der Waals surface area contributed by atoms with E-state index in [4.69, 9.17) is 5.41 Å². The zero-order chi connectivity index (χ0) is 21.1. The number of nitrogens with zero attached hydrogens (tertiary/aromatic N) is 1. The lowest BCUT2D eigenvalue weighted by atomic mass is 10.0. The Morgan fingerprint density at radius 2 is 1.72 bits per heavy atom. The van der Waals surface area contributed by atoms with Gasteiger partial charge in [0.2, 0.25) is 0 Å². The second-order valence-electron chi connectivity index (χ2n) is 7.49. The Hall–Kier alpha value is -2.28. The van der Waals surface area contributed by atoms with Crippen molar-refractivity contribution in [3.05, 3.63) is 41.1 Å². The zero-order valence-corrected chi connectivity index (χ0v) is 17.3. The summed E-state index contributed by atoms with van der Waals surface area (Å²) in [5.41, 5.74) is 1.22. The summed E-state index contributed by atoms with van der Waals surface area (Å²) in [5, 5.41) is 12.7. The molecule has 1 amide bonds. The molecule has 0 radical (unpaired) electrons. The smallest absolute Gasteiger partial charge is 0.253 e. The first-order valence-electron chi connectivity index (χ1n) is 10.6. The van der Waals surface area contributed by atoms with E-state index in [9.17, 15) is 13.6 Å². The van der Waals surface area contributed by atoms with Crippen LogP contribution in [0.5, 0.6) is 0 Å². The van der Waals surface area contributed by atoms with Crippen LogP contribution in [0.15, 0.2) is 29.5 Å². The molecule has 4 N–H and O–H groups in total. The molecule has 1 saturated heterocycles. The van der Waals surface area contributed by atoms with Crippen molar-refractivity contribution in [3.63, 3.8) is 0 Å². The summed E-state index contributed by atoms with van der Waals surface area (Å²) < 4.78 is 27.0. The molecule has 1 aliphatic rings. The van der Waals surface area contributed by atoms with Crippen molar-refractivity contribution in [3.8, 4) is 0 Å². The molecule has 160 valence electrons. The fourth-order valence-electron chi connectivity index (χ4n) is 3.63. The van der Waals surface area contributed by atoms with E-state index in [1.165, 1.54) is 25.5 Å². The molecule has 0 spiro atoms. The van der Waals surface area contributed by atoms with Crippen LogP contribution in [0.25, 0.3) is 0 Å². The second kappa shape index (κ2) is 12.3. The van der Waals surface area contributed by atoms with Crippen LogP contribution in [-0.4, -0.2) is 43.2 Å². The third-order valence-electron chi connectivity index (χ3n) is 5.17.